The Morgan fingerprint density at radius 1 is 0.700 bits per heavy atom. The Balaban J connectivity index is 2.72. The molecule has 0 nitrogen and oxygen atoms in total. The van der Waals surface area contributed by atoms with E-state index in [2.05, 4.69) is 89.2 Å². The van der Waals surface area contributed by atoms with Crippen LogP contribution in [-0.4, -0.2) is 13.3 Å². The van der Waals surface area contributed by atoms with Crippen LogP contribution in [0.3, 0.4) is 0 Å². The van der Waals surface area contributed by atoms with Gasteiger partial charge in [0.05, 0.1) is 0 Å². The summed E-state index contributed by atoms with van der Waals surface area (Å²) in [4.78, 5) is 0. The number of hydrogen-bond acceptors (Lipinski definition) is 0. The van der Waals surface area contributed by atoms with Crippen molar-refractivity contribution in [2.45, 2.75) is 44.1 Å². The van der Waals surface area contributed by atoms with Crippen molar-refractivity contribution in [3.63, 3.8) is 0 Å². The van der Waals surface area contributed by atoms with Crippen LogP contribution in [0.25, 0.3) is 0 Å². The molecule has 0 aromatic heterocycles. The second kappa shape index (κ2) is 6.17. The molecular formula is C19H26Ge. The molecule has 0 aliphatic heterocycles. The van der Waals surface area contributed by atoms with E-state index >= 15 is 0 Å². The molecule has 0 saturated carbocycles. The van der Waals surface area contributed by atoms with Gasteiger partial charge >= 0.3 is 126 Å². The molecule has 0 aliphatic carbocycles. The molecular weight excluding hydrogens is 301 g/mol. The molecule has 0 atom stereocenters. The molecule has 0 heterocycles. The van der Waals surface area contributed by atoms with Crippen molar-refractivity contribution in [1.29, 1.82) is 0 Å². The summed E-state index contributed by atoms with van der Waals surface area (Å²) in [7, 11) is 0. The molecule has 0 radical (unpaired) electrons. The van der Waals surface area contributed by atoms with Gasteiger partial charge in [0.1, 0.15) is 0 Å². The molecule has 0 spiro atoms. The van der Waals surface area contributed by atoms with Gasteiger partial charge in [0.15, 0.2) is 0 Å². The van der Waals surface area contributed by atoms with Crippen LogP contribution >= 0.6 is 0 Å². The van der Waals surface area contributed by atoms with Gasteiger partial charge in [-0.2, -0.15) is 0 Å². The second-order valence-electron chi connectivity index (χ2n) is 6.41. The number of hydrogen-bond donors (Lipinski definition) is 0. The van der Waals surface area contributed by atoms with Gasteiger partial charge in [-0.15, -0.1) is 0 Å². The first-order chi connectivity index (χ1) is 9.49. The second-order valence-corrected chi connectivity index (χ2v) is 17.3. The molecule has 0 fully saturated rings. The van der Waals surface area contributed by atoms with E-state index in [9.17, 15) is 0 Å². The van der Waals surface area contributed by atoms with Crippen molar-refractivity contribution in [3.8, 4) is 0 Å². The summed E-state index contributed by atoms with van der Waals surface area (Å²) in [5.74, 6) is 0. The van der Waals surface area contributed by atoms with E-state index in [1.807, 2.05) is 0 Å². The third-order valence-corrected chi connectivity index (χ3v) is 17.6. The maximum absolute atomic E-state index is 2.44. The molecule has 0 amide bonds. The van der Waals surface area contributed by atoms with Gasteiger partial charge in [0.2, 0.25) is 0 Å². The molecule has 106 valence electrons. The van der Waals surface area contributed by atoms with Gasteiger partial charge in [-0.05, 0) is 0 Å². The van der Waals surface area contributed by atoms with E-state index in [0.29, 0.717) is 0 Å². The minimum absolute atomic E-state index is 0.735. The van der Waals surface area contributed by atoms with Gasteiger partial charge in [-0.3, -0.25) is 0 Å². The standard InChI is InChI=1S/C19H26Ge/c1-15(2)20(16(3)4,18-11-7-6-8-12-18)19-13-9-10-17(5)14-19/h6-16H,1-5H3. The third kappa shape index (κ3) is 2.58. The van der Waals surface area contributed by atoms with Crippen LogP contribution in [0.5, 0.6) is 0 Å². The average molecular weight is 327 g/mol. The normalized spacial score (nSPS) is 12.2. The van der Waals surface area contributed by atoms with Gasteiger partial charge < -0.3 is 0 Å². The van der Waals surface area contributed by atoms with E-state index < -0.39 is 13.3 Å². The van der Waals surface area contributed by atoms with Crippen LogP contribution in [0.1, 0.15) is 33.3 Å². The van der Waals surface area contributed by atoms with Crippen LogP contribution in [-0.2, 0) is 0 Å². The zero-order valence-corrected chi connectivity index (χ0v) is 15.4. The average Bonchev–Trinajstić information content (AvgIpc) is 2.40. The van der Waals surface area contributed by atoms with Crippen LogP contribution in [0.2, 0.25) is 9.50 Å². The van der Waals surface area contributed by atoms with E-state index in [4.69, 9.17) is 0 Å². The summed E-state index contributed by atoms with van der Waals surface area (Å²) < 4.78 is 4.71. The number of rotatable bonds is 4. The van der Waals surface area contributed by atoms with Crippen molar-refractivity contribution in [2.75, 3.05) is 0 Å². The predicted molar refractivity (Wildman–Crippen MR) is 92.8 cm³/mol. The summed E-state index contributed by atoms with van der Waals surface area (Å²) in [6, 6.07) is 20.5. The topological polar surface area (TPSA) is 0 Å². The molecule has 20 heavy (non-hydrogen) atoms. The SMILES string of the molecule is Cc1ccc[c]([Ge]([c]2ccccc2)([CH](C)C)[CH](C)C)c1. The zero-order chi connectivity index (χ0) is 14.8. The van der Waals surface area contributed by atoms with Crippen molar-refractivity contribution < 1.29 is 0 Å². The Bertz CT molecular complexity index is 547. The summed E-state index contributed by atoms with van der Waals surface area (Å²) in [6.45, 7) is 11.9. The Kier molecular flexibility index (Phi) is 4.75. The zero-order valence-electron chi connectivity index (χ0n) is 13.4. The van der Waals surface area contributed by atoms with E-state index in [-0.39, 0.29) is 0 Å². The van der Waals surface area contributed by atoms with Gasteiger partial charge in [0, 0.05) is 0 Å². The fourth-order valence-corrected chi connectivity index (χ4v) is 16.2. The fourth-order valence-electron chi connectivity index (χ4n) is 3.78. The molecule has 1 heteroatoms. The van der Waals surface area contributed by atoms with Crippen molar-refractivity contribution in [1.82, 2.24) is 0 Å². The molecule has 0 saturated heterocycles. The number of aryl methyl sites for hydroxylation is 1. The first-order valence-corrected chi connectivity index (χ1v) is 12.1. The Morgan fingerprint density at radius 2 is 1.25 bits per heavy atom. The van der Waals surface area contributed by atoms with Gasteiger partial charge in [0.25, 0.3) is 0 Å². The molecule has 0 bridgehead atoms. The van der Waals surface area contributed by atoms with Crippen LogP contribution in [0, 0.1) is 6.92 Å². The van der Waals surface area contributed by atoms with E-state index in [0.717, 1.165) is 9.50 Å². The Hall–Kier alpha value is -1.02. The predicted octanol–water partition coefficient (Wildman–Crippen LogP) is 4.38. The quantitative estimate of drug-likeness (QED) is 0.731. The molecule has 0 aliphatic rings. The van der Waals surface area contributed by atoms with Crippen LogP contribution < -0.4 is 8.79 Å². The molecule has 2 aromatic carbocycles. The van der Waals surface area contributed by atoms with E-state index in [1.165, 1.54) is 5.56 Å². The Labute approximate surface area is 126 Å². The van der Waals surface area contributed by atoms with Crippen molar-refractivity contribution in [2.24, 2.45) is 0 Å². The fraction of sp³-hybridized carbons (Fsp3) is 0.368. The maximum atomic E-state index is 2.44. The molecule has 2 aromatic rings. The molecule has 0 unspecified atom stereocenters. The monoisotopic (exact) mass is 328 g/mol. The number of benzene rings is 2. The van der Waals surface area contributed by atoms with Crippen LogP contribution in [0.4, 0.5) is 0 Å². The van der Waals surface area contributed by atoms with Crippen molar-refractivity contribution in [3.05, 3.63) is 60.2 Å². The molecule has 0 N–H and O–H groups in total. The minimum atomic E-state index is -2.37. The third-order valence-electron chi connectivity index (χ3n) is 4.57. The summed E-state index contributed by atoms with van der Waals surface area (Å²) in [5.41, 5.74) is 1.38. The Morgan fingerprint density at radius 3 is 1.75 bits per heavy atom. The summed E-state index contributed by atoms with van der Waals surface area (Å²) >= 11 is -2.37. The van der Waals surface area contributed by atoms with Gasteiger partial charge in [-0.25, -0.2) is 0 Å². The van der Waals surface area contributed by atoms with Crippen molar-refractivity contribution >= 4 is 22.1 Å². The first kappa shape index (κ1) is 15.4. The summed E-state index contributed by atoms with van der Waals surface area (Å²) in [5, 5.41) is 0. The first-order valence-electron chi connectivity index (χ1n) is 7.62. The van der Waals surface area contributed by atoms with Crippen LogP contribution in [0.15, 0.2) is 54.6 Å². The summed E-state index contributed by atoms with van der Waals surface area (Å²) in [6.07, 6.45) is 0. The van der Waals surface area contributed by atoms with Gasteiger partial charge in [-0.1, -0.05) is 0 Å². The van der Waals surface area contributed by atoms with E-state index in [1.54, 1.807) is 8.79 Å². The molecule has 2 rings (SSSR count).